The van der Waals surface area contributed by atoms with Gasteiger partial charge in [-0.3, -0.25) is 14.7 Å². The van der Waals surface area contributed by atoms with E-state index in [1.165, 1.54) is 0 Å². The molecule has 2 heterocycles. The second kappa shape index (κ2) is 3.89. The second-order valence-corrected chi connectivity index (χ2v) is 4.08. The summed E-state index contributed by atoms with van der Waals surface area (Å²) in [5.41, 5.74) is -3.00. The summed E-state index contributed by atoms with van der Waals surface area (Å²) in [5, 5.41) is 8.99. The van der Waals surface area contributed by atoms with E-state index in [0.717, 1.165) is 12.1 Å². The molecule has 0 bridgehead atoms. The number of rotatable bonds is 0. The molecule has 0 fully saturated rings. The molecule has 2 N–H and O–H groups in total. The lowest BCUT2D eigenvalue weighted by atomic mass is 10.1. The molecule has 0 aliphatic rings. The van der Waals surface area contributed by atoms with E-state index in [9.17, 15) is 22.8 Å². The molecule has 0 radical (unpaired) electrons. The maximum absolute atomic E-state index is 12.6. The van der Waals surface area contributed by atoms with Gasteiger partial charge in [0.1, 0.15) is 5.52 Å². The number of alkyl halides is 3. The third kappa shape index (κ3) is 1.75. The summed E-state index contributed by atoms with van der Waals surface area (Å²) in [5.74, 6) is 0. The van der Waals surface area contributed by atoms with E-state index >= 15 is 0 Å². The quantitative estimate of drug-likeness (QED) is 0.647. The number of halogens is 3. The molecule has 0 amide bonds. The van der Waals surface area contributed by atoms with Crippen molar-refractivity contribution in [2.75, 3.05) is 0 Å². The minimum atomic E-state index is -4.57. The highest BCUT2D eigenvalue weighted by Crippen LogP contribution is 2.30. The third-order valence-corrected chi connectivity index (χ3v) is 2.83. The van der Waals surface area contributed by atoms with Crippen LogP contribution in [0.2, 0.25) is 0 Å². The first-order valence-corrected chi connectivity index (χ1v) is 5.36. The fourth-order valence-corrected chi connectivity index (χ4v) is 1.88. The Morgan fingerprint density at radius 3 is 2.60 bits per heavy atom. The molecule has 3 aromatic rings. The summed E-state index contributed by atoms with van der Waals surface area (Å²) in [4.78, 5) is 26.1. The van der Waals surface area contributed by atoms with Crippen LogP contribution in [0.15, 0.2) is 27.8 Å². The van der Waals surface area contributed by atoms with Crippen molar-refractivity contribution in [1.29, 1.82) is 0 Å². The molecule has 0 atom stereocenters. The van der Waals surface area contributed by atoms with Crippen LogP contribution in [0.3, 0.4) is 0 Å². The zero-order chi connectivity index (χ0) is 14.5. The molecule has 102 valence electrons. The maximum Gasteiger partial charge on any atom is 0.416 e. The average molecular weight is 282 g/mol. The monoisotopic (exact) mass is 282 g/mol. The Balaban J connectivity index is 2.53. The van der Waals surface area contributed by atoms with Gasteiger partial charge in [-0.25, -0.2) is 0 Å². The summed E-state index contributed by atoms with van der Waals surface area (Å²) < 4.78 is 37.9. The molecule has 9 heteroatoms. The Labute approximate surface area is 107 Å². The van der Waals surface area contributed by atoms with Gasteiger partial charge < -0.3 is 4.98 Å². The topological polar surface area (TPSA) is 91.5 Å². The number of hydrogen-bond acceptors (Lipinski definition) is 4. The first-order chi connectivity index (χ1) is 9.38. The minimum absolute atomic E-state index is 0.0591. The summed E-state index contributed by atoms with van der Waals surface area (Å²) in [6.45, 7) is 0. The van der Waals surface area contributed by atoms with E-state index in [-0.39, 0.29) is 21.9 Å². The SMILES string of the molecule is O=c1[nH]c2cc(C(F)(F)F)ccc2c(=O)c2[nH]nnc12. The molecule has 3 rings (SSSR count). The average Bonchev–Trinajstić information content (AvgIpc) is 2.82. The highest BCUT2D eigenvalue weighted by molar-refractivity contribution is 5.86. The van der Waals surface area contributed by atoms with Crippen molar-refractivity contribution in [2.24, 2.45) is 0 Å². The smallest absolute Gasteiger partial charge is 0.320 e. The van der Waals surface area contributed by atoms with Crippen LogP contribution in [0, 0.1) is 0 Å². The minimum Gasteiger partial charge on any atom is -0.320 e. The summed E-state index contributed by atoms with van der Waals surface area (Å²) in [6, 6.07) is 2.50. The normalized spacial score (nSPS) is 12.2. The number of nitrogens with zero attached hydrogens (tertiary/aromatic N) is 2. The van der Waals surface area contributed by atoms with Gasteiger partial charge in [0.05, 0.1) is 11.1 Å². The van der Waals surface area contributed by atoms with Crippen LogP contribution >= 0.6 is 0 Å². The van der Waals surface area contributed by atoms with Gasteiger partial charge in [-0.15, -0.1) is 5.10 Å². The lowest BCUT2D eigenvalue weighted by Gasteiger charge is -2.05. The predicted molar refractivity (Wildman–Crippen MR) is 63.3 cm³/mol. The molecule has 0 unspecified atom stereocenters. The van der Waals surface area contributed by atoms with Crippen molar-refractivity contribution in [2.45, 2.75) is 6.18 Å². The van der Waals surface area contributed by atoms with Gasteiger partial charge in [0, 0.05) is 5.39 Å². The lowest BCUT2D eigenvalue weighted by Crippen LogP contribution is -2.06. The van der Waals surface area contributed by atoms with Gasteiger partial charge in [-0.2, -0.15) is 13.2 Å². The van der Waals surface area contributed by atoms with E-state index in [0.29, 0.717) is 6.07 Å². The van der Waals surface area contributed by atoms with Gasteiger partial charge in [-0.05, 0) is 18.2 Å². The van der Waals surface area contributed by atoms with E-state index < -0.39 is 22.7 Å². The molecule has 20 heavy (non-hydrogen) atoms. The fraction of sp³-hybridized carbons (Fsp3) is 0.0909. The highest BCUT2D eigenvalue weighted by Gasteiger charge is 2.30. The van der Waals surface area contributed by atoms with Gasteiger partial charge in [0.2, 0.25) is 5.43 Å². The summed E-state index contributed by atoms with van der Waals surface area (Å²) >= 11 is 0. The predicted octanol–water partition coefficient (Wildman–Crippen LogP) is 1.18. The standard InChI is InChI=1S/C11H5F3N4O2/c12-11(13,14)4-1-2-5-6(3-4)15-10(20)8-7(9(5)19)16-18-17-8/h1-3H,(H,15,20)(H,16,17,18). The Bertz CT molecular complexity index is 942. The van der Waals surface area contributed by atoms with E-state index in [1.807, 2.05) is 0 Å². The Kier molecular flexibility index (Phi) is 2.40. The summed E-state index contributed by atoms with van der Waals surface area (Å²) in [7, 11) is 0. The van der Waals surface area contributed by atoms with Crippen molar-refractivity contribution >= 4 is 21.9 Å². The van der Waals surface area contributed by atoms with Crippen LogP contribution in [-0.2, 0) is 6.18 Å². The second-order valence-electron chi connectivity index (χ2n) is 4.08. The van der Waals surface area contributed by atoms with Crippen molar-refractivity contribution in [3.05, 3.63) is 44.3 Å². The number of fused-ring (bicyclic) bond motifs is 2. The van der Waals surface area contributed by atoms with Crippen LogP contribution in [0.25, 0.3) is 21.9 Å². The number of hydrogen-bond donors (Lipinski definition) is 2. The van der Waals surface area contributed by atoms with Crippen LogP contribution < -0.4 is 11.0 Å². The number of H-pyrrole nitrogens is 2. The molecule has 0 saturated carbocycles. The summed E-state index contributed by atoms with van der Waals surface area (Å²) in [6.07, 6.45) is -4.57. The maximum atomic E-state index is 12.6. The largest absolute Gasteiger partial charge is 0.416 e. The zero-order valence-corrected chi connectivity index (χ0v) is 9.58. The molecular weight excluding hydrogens is 277 g/mol. The first kappa shape index (κ1) is 12.3. The van der Waals surface area contributed by atoms with Crippen LogP contribution in [0.4, 0.5) is 13.2 Å². The highest BCUT2D eigenvalue weighted by atomic mass is 19.4. The van der Waals surface area contributed by atoms with E-state index in [1.54, 1.807) is 0 Å². The number of aromatic amines is 2. The molecule has 0 spiro atoms. The van der Waals surface area contributed by atoms with Crippen molar-refractivity contribution < 1.29 is 13.2 Å². The van der Waals surface area contributed by atoms with Crippen molar-refractivity contribution in [3.63, 3.8) is 0 Å². The molecule has 0 aliphatic carbocycles. The molecule has 2 aromatic heterocycles. The van der Waals surface area contributed by atoms with E-state index in [4.69, 9.17) is 0 Å². The van der Waals surface area contributed by atoms with Gasteiger partial charge in [-0.1, -0.05) is 5.21 Å². The zero-order valence-electron chi connectivity index (χ0n) is 9.58. The van der Waals surface area contributed by atoms with Crippen molar-refractivity contribution in [3.8, 4) is 0 Å². The van der Waals surface area contributed by atoms with Gasteiger partial charge in [0.25, 0.3) is 5.56 Å². The Morgan fingerprint density at radius 2 is 1.90 bits per heavy atom. The number of nitrogens with one attached hydrogen (secondary N) is 2. The Hall–Kier alpha value is -2.71. The number of aromatic nitrogens is 4. The molecule has 0 saturated heterocycles. The molecule has 1 aromatic carbocycles. The third-order valence-electron chi connectivity index (χ3n) is 2.83. The first-order valence-electron chi connectivity index (χ1n) is 5.36. The van der Waals surface area contributed by atoms with Crippen LogP contribution in [0.1, 0.15) is 5.56 Å². The number of benzene rings is 1. The van der Waals surface area contributed by atoms with Gasteiger partial charge >= 0.3 is 6.18 Å². The lowest BCUT2D eigenvalue weighted by molar-refractivity contribution is -0.137. The van der Waals surface area contributed by atoms with Crippen LogP contribution in [-0.4, -0.2) is 20.4 Å². The van der Waals surface area contributed by atoms with E-state index in [2.05, 4.69) is 20.4 Å². The molecular formula is C11H5F3N4O2. The molecule has 6 nitrogen and oxygen atoms in total. The fourth-order valence-electron chi connectivity index (χ4n) is 1.88. The van der Waals surface area contributed by atoms with Gasteiger partial charge in [0.15, 0.2) is 5.52 Å². The Morgan fingerprint density at radius 1 is 1.15 bits per heavy atom. The van der Waals surface area contributed by atoms with Crippen molar-refractivity contribution in [1.82, 2.24) is 20.4 Å². The van der Waals surface area contributed by atoms with Crippen LogP contribution in [0.5, 0.6) is 0 Å². The molecule has 0 aliphatic heterocycles.